The van der Waals surface area contributed by atoms with Crippen molar-refractivity contribution >= 4 is 195 Å². The average molecular weight is 1850 g/mol. The predicted octanol–water partition coefficient (Wildman–Crippen LogP) is 38.4. The molecule has 0 spiro atoms. The van der Waals surface area contributed by atoms with E-state index in [0.717, 1.165) is 0 Å². The molecule has 22 aromatic carbocycles. The molecule has 27 aromatic rings. The number of hydrogen-bond acceptors (Lipinski definition) is 0. The summed E-state index contributed by atoms with van der Waals surface area (Å²) in [6.07, 6.45) is 0. The van der Waals surface area contributed by atoms with E-state index < -0.39 is 0 Å². The van der Waals surface area contributed by atoms with Gasteiger partial charge >= 0.3 is 0 Å². The standard InChI is InChI=1S/4C17H16.5C13H11N.2C2H6/c4*1-11-5-4-6-14-9-16-12(2)7-8-13(3)17(16)10-15(11)14;5*1-14-12-8-4-2-6-10(12)11-7-3-5-9-13(11)14;2*1-2/h4*4-10H,1-3H3;5*2-9H,1H3;2*1-2H3. The molecule has 0 fully saturated rings. The molecule has 0 aliphatic heterocycles. The average Bonchev–Trinajstić information content (AvgIpc) is 1.72. The molecule has 0 amide bonds. The molecule has 0 radical (unpaired) electrons. The van der Waals surface area contributed by atoms with Gasteiger partial charge in [-0.1, -0.05) is 331 Å². The highest BCUT2D eigenvalue weighted by Crippen LogP contribution is 2.38. The Morgan fingerprint density at radius 1 is 0.106 bits per heavy atom. The van der Waals surface area contributed by atoms with E-state index in [9.17, 15) is 0 Å². The van der Waals surface area contributed by atoms with Gasteiger partial charge in [0.25, 0.3) is 0 Å². The van der Waals surface area contributed by atoms with Crippen LogP contribution in [0.25, 0.3) is 195 Å². The second-order valence-electron chi connectivity index (χ2n) is 37.5. The number of nitrogens with zero attached hydrogens (tertiary/aromatic N) is 5. The monoisotopic (exact) mass is 1850 g/mol. The summed E-state index contributed by atoms with van der Waals surface area (Å²) >= 11 is 0. The van der Waals surface area contributed by atoms with E-state index in [0.29, 0.717) is 0 Å². The normalized spacial score (nSPS) is 11.0. The molecule has 5 heteroatoms. The molecule has 704 valence electrons. The third-order valence-corrected chi connectivity index (χ3v) is 28.8. The van der Waals surface area contributed by atoms with E-state index in [4.69, 9.17) is 0 Å². The summed E-state index contributed by atoms with van der Waals surface area (Å²) in [5, 5.41) is 35.3. The van der Waals surface area contributed by atoms with Crippen LogP contribution in [-0.2, 0) is 35.2 Å². The van der Waals surface area contributed by atoms with Crippen LogP contribution in [0.3, 0.4) is 0 Å². The number of rotatable bonds is 0. The number of fused-ring (bicyclic) bond motifs is 23. The summed E-state index contributed by atoms with van der Waals surface area (Å²) in [6, 6.07) is 148. The summed E-state index contributed by atoms with van der Waals surface area (Å²) in [4.78, 5) is 0. The predicted molar refractivity (Wildman–Crippen MR) is 627 cm³/mol. The Kier molecular flexibility index (Phi) is 29.6. The molecule has 5 aromatic heterocycles. The molecule has 5 nitrogen and oxygen atoms in total. The smallest absolute Gasteiger partial charge is 0.0488 e. The molecular weight excluding hydrogens is 1720 g/mol. The molecule has 0 saturated heterocycles. The molecule has 0 aliphatic rings. The van der Waals surface area contributed by atoms with Crippen molar-refractivity contribution in [3.8, 4) is 0 Å². The molecule has 0 N–H and O–H groups in total. The Morgan fingerprint density at radius 2 is 0.218 bits per heavy atom. The number of benzene rings is 22. The quantitative estimate of drug-likeness (QED) is 0.135. The van der Waals surface area contributed by atoms with Crippen LogP contribution in [0.2, 0.25) is 0 Å². The summed E-state index contributed by atoms with van der Waals surface area (Å²) < 4.78 is 11.2. The first-order valence-electron chi connectivity index (χ1n) is 50.2. The van der Waals surface area contributed by atoms with E-state index >= 15 is 0 Å². The van der Waals surface area contributed by atoms with Crippen molar-refractivity contribution < 1.29 is 0 Å². The Morgan fingerprint density at radius 3 is 0.352 bits per heavy atom. The maximum absolute atomic E-state index is 2.34. The van der Waals surface area contributed by atoms with Crippen LogP contribution in [-0.4, -0.2) is 22.8 Å². The fraction of sp³-hybridized carbons (Fsp3) is 0.153. The van der Waals surface area contributed by atoms with Gasteiger partial charge in [-0.2, -0.15) is 0 Å². The topological polar surface area (TPSA) is 24.6 Å². The number of aromatic nitrogens is 5. The zero-order chi connectivity index (χ0) is 99.7. The van der Waals surface area contributed by atoms with Crippen LogP contribution in [0.1, 0.15) is 94.5 Å². The van der Waals surface area contributed by atoms with Crippen molar-refractivity contribution in [3.63, 3.8) is 0 Å². The lowest BCUT2D eigenvalue weighted by atomic mass is 9.95. The van der Waals surface area contributed by atoms with E-state index in [1.54, 1.807) is 0 Å². The highest BCUT2D eigenvalue weighted by atomic mass is 15.0. The van der Waals surface area contributed by atoms with Crippen molar-refractivity contribution in [2.24, 2.45) is 35.2 Å². The van der Waals surface area contributed by atoms with Crippen molar-refractivity contribution in [1.29, 1.82) is 0 Å². The maximum Gasteiger partial charge on any atom is 0.0488 e. The van der Waals surface area contributed by atoms with E-state index in [1.165, 1.54) is 262 Å². The minimum absolute atomic E-state index is 1.30. The number of hydrogen-bond donors (Lipinski definition) is 0. The van der Waals surface area contributed by atoms with Gasteiger partial charge in [-0.25, -0.2) is 0 Å². The Labute approximate surface area is 837 Å². The Balaban J connectivity index is 0.000000109. The lowest BCUT2D eigenvalue weighted by Crippen LogP contribution is -1.85. The van der Waals surface area contributed by atoms with Crippen LogP contribution < -0.4 is 0 Å². The van der Waals surface area contributed by atoms with Gasteiger partial charge in [-0.15, -0.1) is 0 Å². The minimum Gasteiger partial charge on any atom is -0.344 e. The second-order valence-corrected chi connectivity index (χ2v) is 37.5. The van der Waals surface area contributed by atoms with Crippen LogP contribution >= 0.6 is 0 Å². The number of para-hydroxylation sites is 10. The lowest BCUT2D eigenvalue weighted by Gasteiger charge is -2.09. The van der Waals surface area contributed by atoms with Gasteiger partial charge in [0.15, 0.2) is 0 Å². The summed E-state index contributed by atoms with van der Waals surface area (Å²) in [5.74, 6) is 0. The minimum atomic E-state index is 1.30. The zero-order valence-corrected chi connectivity index (χ0v) is 86.5. The molecule has 0 saturated carbocycles. The van der Waals surface area contributed by atoms with E-state index in [2.05, 4.69) is 554 Å². The molecule has 142 heavy (non-hydrogen) atoms. The van der Waals surface area contributed by atoms with Gasteiger partial charge in [0, 0.05) is 144 Å². The highest BCUT2D eigenvalue weighted by Gasteiger charge is 2.15. The van der Waals surface area contributed by atoms with E-state index in [1.807, 2.05) is 27.7 Å². The van der Waals surface area contributed by atoms with Crippen LogP contribution in [0.4, 0.5) is 0 Å². The fourth-order valence-corrected chi connectivity index (χ4v) is 20.8. The summed E-state index contributed by atoms with van der Waals surface area (Å²) in [6.45, 7) is 34.2. The third kappa shape index (κ3) is 19.5. The third-order valence-electron chi connectivity index (χ3n) is 28.8. The van der Waals surface area contributed by atoms with Gasteiger partial charge in [0.05, 0.1) is 0 Å². The summed E-state index contributed by atoms with van der Waals surface area (Å²) in [7, 11) is 10.6. The van der Waals surface area contributed by atoms with Crippen molar-refractivity contribution in [3.05, 3.63) is 479 Å². The SMILES string of the molecule is CC.CC.Cc1cccc2cc3c(C)ccc(C)c3cc12.Cc1cccc2cc3c(C)ccc(C)c3cc12.Cc1cccc2cc3c(C)ccc(C)c3cc12.Cc1cccc2cc3c(C)ccc(C)c3cc12.Cn1c2ccccc2c2ccccc21.Cn1c2ccccc2c2ccccc21.Cn1c2ccccc2c2ccccc21.Cn1c2ccccc2c2ccccc21.Cn1c2ccccc2c2ccccc21. The molecule has 0 atom stereocenters. The lowest BCUT2D eigenvalue weighted by molar-refractivity contribution is 1.01. The molecule has 0 unspecified atom stereocenters. The van der Waals surface area contributed by atoms with Crippen LogP contribution in [0.5, 0.6) is 0 Å². The largest absolute Gasteiger partial charge is 0.344 e. The maximum atomic E-state index is 2.34. The van der Waals surface area contributed by atoms with Crippen LogP contribution in [0, 0.1) is 83.1 Å². The first kappa shape index (κ1) is 97.6. The van der Waals surface area contributed by atoms with Gasteiger partial charge < -0.3 is 22.8 Å². The molecule has 27 rings (SSSR count). The van der Waals surface area contributed by atoms with Crippen LogP contribution in [0.15, 0.2) is 413 Å². The van der Waals surface area contributed by atoms with Crippen molar-refractivity contribution in [2.45, 2.75) is 111 Å². The summed E-state index contributed by atoms with van der Waals surface area (Å²) in [5.41, 5.74) is 29.3. The zero-order valence-electron chi connectivity index (χ0n) is 86.5. The second kappa shape index (κ2) is 43.1. The van der Waals surface area contributed by atoms with E-state index in [-0.39, 0.29) is 0 Å². The molecule has 0 aliphatic carbocycles. The van der Waals surface area contributed by atoms with Crippen molar-refractivity contribution in [1.82, 2.24) is 22.8 Å². The van der Waals surface area contributed by atoms with Gasteiger partial charge in [0.2, 0.25) is 0 Å². The fourth-order valence-electron chi connectivity index (χ4n) is 20.8. The van der Waals surface area contributed by atoms with Crippen molar-refractivity contribution in [2.75, 3.05) is 0 Å². The Bertz CT molecular complexity index is 7880. The molecule has 5 heterocycles. The first-order valence-corrected chi connectivity index (χ1v) is 50.2. The van der Waals surface area contributed by atoms with Gasteiger partial charge in [0.1, 0.15) is 0 Å². The van der Waals surface area contributed by atoms with Gasteiger partial charge in [-0.05, 0) is 345 Å². The first-order chi connectivity index (χ1) is 69.0. The Hall–Kier alpha value is -16.1. The molecule has 0 bridgehead atoms. The molecular formula is C137H131N5. The highest BCUT2D eigenvalue weighted by molar-refractivity contribution is 6.13. The van der Waals surface area contributed by atoms with Gasteiger partial charge in [-0.3, -0.25) is 0 Å². The number of aryl methyl sites for hydroxylation is 17.